The van der Waals surface area contributed by atoms with Crippen molar-refractivity contribution in [2.24, 2.45) is 5.73 Å². The second-order valence-electron chi connectivity index (χ2n) is 4.93. The van der Waals surface area contributed by atoms with E-state index in [0.29, 0.717) is 0 Å². The van der Waals surface area contributed by atoms with Crippen molar-refractivity contribution in [3.05, 3.63) is 63.1 Å². The number of nitrogens with two attached hydrogens (primary N) is 1. The molecule has 0 amide bonds. The first-order chi connectivity index (χ1) is 9.63. The Labute approximate surface area is 130 Å². The lowest BCUT2D eigenvalue weighted by molar-refractivity contribution is 0.715. The van der Waals surface area contributed by atoms with E-state index >= 15 is 0 Å². The molecule has 2 nitrogen and oxygen atoms in total. The van der Waals surface area contributed by atoms with Gasteiger partial charge in [0.2, 0.25) is 0 Å². The van der Waals surface area contributed by atoms with Crippen molar-refractivity contribution < 1.29 is 0 Å². The molecule has 1 atom stereocenters. The number of hydrogen-bond donors (Lipinski definition) is 1. The molecule has 1 heterocycles. The van der Waals surface area contributed by atoms with E-state index in [0.717, 1.165) is 21.4 Å². The molecular weight excluding hydrogens is 332 g/mol. The van der Waals surface area contributed by atoms with Crippen molar-refractivity contribution in [2.45, 2.75) is 19.4 Å². The minimum absolute atomic E-state index is 0.0635. The third kappa shape index (κ3) is 2.77. The summed E-state index contributed by atoms with van der Waals surface area (Å²) in [5, 5.41) is 0.999. The largest absolute Gasteiger partial charge is 0.322 e. The highest BCUT2D eigenvalue weighted by atomic mass is 79.9. The van der Waals surface area contributed by atoms with Crippen LogP contribution >= 0.6 is 27.3 Å². The molecule has 2 N–H and O–H groups in total. The molecule has 4 heteroatoms. The van der Waals surface area contributed by atoms with Crippen molar-refractivity contribution in [3.8, 4) is 0 Å². The van der Waals surface area contributed by atoms with Gasteiger partial charge in [-0.05, 0) is 42.7 Å². The van der Waals surface area contributed by atoms with Crippen molar-refractivity contribution in [1.29, 1.82) is 0 Å². The monoisotopic (exact) mass is 346 g/mol. The van der Waals surface area contributed by atoms with Gasteiger partial charge in [0, 0.05) is 4.47 Å². The number of hydrogen-bond acceptors (Lipinski definition) is 3. The van der Waals surface area contributed by atoms with Gasteiger partial charge in [-0.1, -0.05) is 40.2 Å². The summed E-state index contributed by atoms with van der Waals surface area (Å²) in [5.74, 6) is 0. The Hall–Kier alpha value is -1.23. The molecule has 20 heavy (non-hydrogen) atoms. The first-order valence-electron chi connectivity index (χ1n) is 6.49. The standard InChI is InChI=1S/C16H15BrN2S/c1-10-6-7-11(12(17)8-10)9-13(18)16-19-14-4-2-3-5-15(14)20-16/h2-8,13H,9,18H2,1H3. The van der Waals surface area contributed by atoms with Crippen LogP contribution in [0.1, 0.15) is 22.2 Å². The smallest absolute Gasteiger partial charge is 0.111 e. The average molecular weight is 347 g/mol. The van der Waals surface area contributed by atoms with Gasteiger partial charge in [0.25, 0.3) is 0 Å². The maximum atomic E-state index is 6.32. The molecule has 102 valence electrons. The van der Waals surface area contributed by atoms with Crippen LogP contribution in [0.5, 0.6) is 0 Å². The van der Waals surface area contributed by atoms with E-state index in [9.17, 15) is 0 Å². The van der Waals surface area contributed by atoms with Gasteiger partial charge in [0.1, 0.15) is 5.01 Å². The molecule has 0 aliphatic rings. The van der Waals surface area contributed by atoms with Gasteiger partial charge in [-0.2, -0.15) is 0 Å². The fourth-order valence-corrected chi connectivity index (χ4v) is 3.81. The van der Waals surface area contributed by atoms with Gasteiger partial charge in [-0.25, -0.2) is 4.98 Å². The van der Waals surface area contributed by atoms with Crippen molar-refractivity contribution >= 4 is 37.5 Å². The van der Waals surface area contributed by atoms with Crippen LogP contribution in [-0.2, 0) is 6.42 Å². The second-order valence-corrected chi connectivity index (χ2v) is 6.84. The average Bonchev–Trinajstić information content (AvgIpc) is 2.86. The summed E-state index contributed by atoms with van der Waals surface area (Å²) >= 11 is 5.29. The van der Waals surface area contributed by atoms with Crippen LogP contribution < -0.4 is 5.73 Å². The lowest BCUT2D eigenvalue weighted by Crippen LogP contribution is -2.13. The summed E-state index contributed by atoms with van der Waals surface area (Å²) in [4.78, 5) is 4.63. The van der Waals surface area contributed by atoms with Crippen LogP contribution in [0.25, 0.3) is 10.2 Å². The fourth-order valence-electron chi connectivity index (χ4n) is 2.19. The van der Waals surface area contributed by atoms with Crippen LogP contribution in [0.3, 0.4) is 0 Å². The molecule has 0 saturated carbocycles. The van der Waals surface area contributed by atoms with E-state index in [1.807, 2.05) is 18.2 Å². The van der Waals surface area contributed by atoms with E-state index in [4.69, 9.17) is 5.73 Å². The molecule has 0 aliphatic carbocycles. The van der Waals surface area contributed by atoms with Crippen LogP contribution in [0.4, 0.5) is 0 Å². The van der Waals surface area contributed by atoms with E-state index in [2.05, 4.69) is 52.1 Å². The molecular formula is C16H15BrN2S. The van der Waals surface area contributed by atoms with E-state index in [1.165, 1.54) is 15.8 Å². The normalized spacial score (nSPS) is 12.8. The topological polar surface area (TPSA) is 38.9 Å². The lowest BCUT2D eigenvalue weighted by atomic mass is 10.1. The first-order valence-corrected chi connectivity index (χ1v) is 8.10. The summed E-state index contributed by atoms with van der Waals surface area (Å²) in [6, 6.07) is 14.5. The Morgan fingerprint density at radius 1 is 1.25 bits per heavy atom. The summed E-state index contributed by atoms with van der Waals surface area (Å²) in [6.07, 6.45) is 0.792. The summed E-state index contributed by atoms with van der Waals surface area (Å²) < 4.78 is 2.31. The molecule has 1 unspecified atom stereocenters. The van der Waals surface area contributed by atoms with Crippen molar-refractivity contribution in [2.75, 3.05) is 0 Å². The quantitative estimate of drug-likeness (QED) is 0.751. The number of halogens is 1. The van der Waals surface area contributed by atoms with Crippen LogP contribution in [0, 0.1) is 6.92 Å². The van der Waals surface area contributed by atoms with Gasteiger partial charge < -0.3 is 5.73 Å². The molecule has 2 aromatic carbocycles. The van der Waals surface area contributed by atoms with Gasteiger partial charge >= 0.3 is 0 Å². The fraction of sp³-hybridized carbons (Fsp3) is 0.188. The number of thiazole rings is 1. The van der Waals surface area contributed by atoms with Crippen molar-refractivity contribution in [3.63, 3.8) is 0 Å². The minimum atomic E-state index is -0.0635. The second kappa shape index (κ2) is 5.64. The third-order valence-corrected chi connectivity index (χ3v) is 5.18. The third-order valence-electron chi connectivity index (χ3n) is 3.28. The number of rotatable bonds is 3. The van der Waals surface area contributed by atoms with Crippen molar-refractivity contribution in [1.82, 2.24) is 4.98 Å². The predicted molar refractivity (Wildman–Crippen MR) is 89.1 cm³/mol. The Balaban J connectivity index is 1.86. The number of nitrogens with zero attached hydrogens (tertiary/aromatic N) is 1. The Morgan fingerprint density at radius 2 is 2.05 bits per heavy atom. The molecule has 0 saturated heterocycles. The highest BCUT2D eigenvalue weighted by molar-refractivity contribution is 9.10. The van der Waals surface area contributed by atoms with Crippen LogP contribution in [-0.4, -0.2) is 4.98 Å². The number of benzene rings is 2. The molecule has 0 bridgehead atoms. The van der Waals surface area contributed by atoms with Gasteiger partial charge in [0.15, 0.2) is 0 Å². The summed E-state index contributed by atoms with van der Waals surface area (Å²) in [7, 11) is 0. The van der Waals surface area contributed by atoms with Gasteiger partial charge in [-0.15, -0.1) is 11.3 Å². The molecule has 0 aliphatic heterocycles. The predicted octanol–water partition coefficient (Wildman–Crippen LogP) is 4.61. The van der Waals surface area contributed by atoms with Crippen LogP contribution in [0.2, 0.25) is 0 Å². The summed E-state index contributed by atoms with van der Waals surface area (Å²) in [6.45, 7) is 2.09. The first kappa shape index (κ1) is 13.7. The Kier molecular flexibility index (Phi) is 3.87. The highest BCUT2D eigenvalue weighted by Crippen LogP contribution is 2.29. The van der Waals surface area contributed by atoms with E-state index < -0.39 is 0 Å². The maximum absolute atomic E-state index is 6.32. The zero-order valence-electron chi connectivity index (χ0n) is 11.1. The molecule has 0 spiro atoms. The highest BCUT2D eigenvalue weighted by Gasteiger charge is 2.14. The molecule has 1 aromatic heterocycles. The molecule has 3 rings (SSSR count). The zero-order chi connectivity index (χ0) is 14.1. The van der Waals surface area contributed by atoms with E-state index in [-0.39, 0.29) is 6.04 Å². The van der Waals surface area contributed by atoms with Gasteiger partial charge in [0.05, 0.1) is 16.3 Å². The van der Waals surface area contributed by atoms with E-state index in [1.54, 1.807) is 11.3 Å². The Morgan fingerprint density at radius 3 is 2.80 bits per heavy atom. The number of aryl methyl sites for hydroxylation is 1. The maximum Gasteiger partial charge on any atom is 0.111 e. The Bertz CT molecular complexity index is 718. The van der Waals surface area contributed by atoms with Gasteiger partial charge in [-0.3, -0.25) is 0 Å². The number of aromatic nitrogens is 1. The molecule has 0 fully saturated rings. The zero-order valence-corrected chi connectivity index (χ0v) is 13.5. The lowest BCUT2D eigenvalue weighted by Gasteiger charge is -2.10. The molecule has 3 aromatic rings. The SMILES string of the molecule is Cc1ccc(CC(N)c2nc3ccccc3s2)c(Br)c1. The number of para-hydroxylation sites is 1. The molecule has 0 radical (unpaired) electrons. The summed E-state index contributed by atoms with van der Waals surface area (Å²) in [5.41, 5.74) is 9.83. The minimum Gasteiger partial charge on any atom is -0.322 e. The van der Waals surface area contributed by atoms with Crippen LogP contribution in [0.15, 0.2) is 46.9 Å². The number of fused-ring (bicyclic) bond motifs is 1.